The summed E-state index contributed by atoms with van der Waals surface area (Å²) in [7, 11) is 0. The lowest BCUT2D eigenvalue weighted by atomic mass is 10.2. The van der Waals surface area contributed by atoms with E-state index in [1.54, 1.807) is 18.2 Å². The van der Waals surface area contributed by atoms with Gasteiger partial charge in [0, 0.05) is 25.7 Å². The van der Waals surface area contributed by atoms with E-state index in [-0.39, 0.29) is 5.91 Å². The van der Waals surface area contributed by atoms with Crippen molar-refractivity contribution < 1.29 is 4.79 Å². The largest absolute Gasteiger partial charge is 0.324 e. The van der Waals surface area contributed by atoms with Gasteiger partial charge in [-0.05, 0) is 19.1 Å². The van der Waals surface area contributed by atoms with Crippen LogP contribution in [-0.2, 0) is 4.79 Å². The zero-order valence-corrected chi connectivity index (χ0v) is 11.0. The molecule has 0 spiro atoms. The summed E-state index contributed by atoms with van der Waals surface area (Å²) < 4.78 is 0. The predicted molar refractivity (Wildman–Crippen MR) is 73.7 cm³/mol. The molecule has 1 aromatic carbocycles. The average molecular weight is 258 g/mol. The quantitative estimate of drug-likeness (QED) is 0.841. The van der Waals surface area contributed by atoms with Gasteiger partial charge in [-0.15, -0.1) is 0 Å². The van der Waals surface area contributed by atoms with E-state index in [4.69, 9.17) is 5.26 Å². The number of piperazine rings is 1. The molecule has 100 valence electrons. The van der Waals surface area contributed by atoms with Crippen LogP contribution in [0.5, 0.6) is 0 Å². The van der Waals surface area contributed by atoms with Crippen molar-refractivity contribution in [3.8, 4) is 6.07 Å². The number of nitrogens with zero attached hydrogens (tertiary/aromatic N) is 2. The summed E-state index contributed by atoms with van der Waals surface area (Å²) in [5.74, 6) is -0.0727. The summed E-state index contributed by atoms with van der Waals surface area (Å²) in [5, 5.41) is 15.1. The van der Waals surface area contributed by atoms with E-state index in [1.165, 1.54) is 0 Å². The number of benzene rings is 1. The molecule has 1 saturated heterocycles. The molecule has 19 heavy (non-hydrogen) atoms. The van der Waals surface area contributed by atoms with E-state index in [0.29, 0.717) is 23.8 Å². The standard InChI is InChI=1S/C14H18N4O/c1-11-9-16-6-7-18(11)10-14(19)17-13-5-3-2-4-12(13)8-15/h2-5,11,16H,6-7,9-10H2,1H3,(H,17,19)/t11-/m1/s1. The van der Waals surface area contributed by atoms with E-state index in [0.717, 1.165) is 19.6 Å². The van der Waals surface area contributed by atoms with Crippen molar-refractivity contribution in [2.75, 3.05) is 31.5 Å². The second kappa shape index (κ2) is 6.32. The smallest absolute Gasteiger partial charge is 0.238 e. The Bertz CT molecular complexity index is 494. The lowest BCUT2D eigenvalue weighted by molar-refractivity contribution is -0.118. The molecule has 1 fully saturated rings. The van der Waals surface area contributed by atoms with Crippen LogP contribution in [0.25, 0.3) is 0 Å². The molecule has 1 heterocycles. The van der Waals surface area contributed by atoms with Crippen LogP contribution in [0.4, 0.5) is 5.69 Å². The average Bonchev–Trinajstić information content (AvgIpc) is 2.42. The van der Waals surface area contributed by atoms with Gasteiger partial charge in [-0.1, -0.05) is 12.1 Å². The van der Waals surface area contributed by atoms with E-state index in [1.807, 2.05) is 6.07 Å². The topological polar surface area (TPSA) is 68.2 Å². The molecule has 0 bridgehead atoms. The normalized spacial score (nSPS) is 19.7. The van der Waals surface area contributed by atoms with E-state index in [2.05, 4.69) is 28.5 Å². The van der Waals surface area contributed by atoms with Crippen molar-refractivity contribution in [2.24, 2.45) is 0 Å². The molecule has 1 aromatic rings. The van der Waals surface area contributed by atoms with Gasteiger partial charge in [-0.3, -0.25) is 9.69 Å². The van der Waals surface area contributed by atoms with Gasteiger partial charge in [0.2, 0.25) is 5.91 Å². The first-order chi connectivity index (χ1) is 9.20. The second-order valence-corrected chi connectivity index (χ2v) is 4.73. The van der Waals surface area contributed by atoms with Gasteiger partial charge < -0.3 is 10.6 Å². The van der Waals surface area contributed by atoms with Crippen LogP contribution in [0.1, 0.15) is 12.5 Å². The summed E-state index contributed by atoms with van der Waals surface area (Å²) in [6.45, 7) is 5.15. The van der Waals surface area contributed by atoms with Crippen LogP contribution in [0.2, 0.25) is 0 Å². The molecule has 5 heteroatoms. The van der Waals surface area contributed by atoms with Crippen LogP contribution < -0.4 is 10.6 Å². The molecule has 2 rings (SSSR count). The summed E-state index contributed by atoms with van der Waals surface area (Å²) in [5.41, 5.74) is 1.07. The Labute approximate surface area is 113 Å². The second-order valence-electron chi connectivity index (χ2n) is 4.73. The number of hydrogen-bond acceptors (Lipinski definition) is 4. The Balaban J connectivity index is 1.96. The third-order valence-corrected chi connectivity index (χ3v) is 3.31. The molecule has 1 atom stereocenters. The minimum atomic E-state index is -0.0727. The molecular formula is C14H18N4O. The summed E-state index contributed by atoms with van der Waals surface area (Å²) in [6.07, 6.45) is 0. The molecule has 2 N–H and O–H groups in total. The molecule has 1 aliphatic rings. The highest BCUT2D eigenvalue weighted by atomic mass is 16.2. The molecule has 0 aromatic heterocycles. The number of rotatable bonds is 3. The number of amides is 1. The van der Waals surface area contributed by atoms with Crippen molar-refractivity contribution in [2.45, 2.75) is 13.0 Å². The van der Waals surface area contributed by atoms with Gasteiger partial charge in [-0.25, -0.2) is 0 Å². The monoisotopic (exact) mass is 258 g/mol. The highest BCUT2D eigenvalue weighted by Gasteiger charge is 2.20. The van der Waals surface area contributed by atoms with Crippen LogP contribution in [-0.4, -0.2) is 43.0 Å². The van der Waals surface area contributed by atoms with E-state index in [9.17, 15) is 4.79 Å². The van der Waals surface area contributed by atoms with Crippen molar-refractivity contribution in [1.29, 1.82) is 5.26 Å². The Morgan fingerprint density at radius 3 is 3.11 bits per heavy atom. The van der Waals surface area contributed by atoms with E-state index >= 15 is 0 Å². The molecule has 5 nitrogen and oxygen atoms in total. The van der Waals surface area contributed by atoms with Gasteiger partial charge in [0.25, 0.3) is 0 Å². The van der Waals surface area contributed by atoms with Crippen molar-refractivity contribution in [1.82, 2.24) is 10.2 Å². The molecule has 0 unspecified atom stereocenters. The number of carbonyl (C=O) groups is 1. The fourth-order valence-electron chi connectivity index (χ4n) is 2.18. The number of nitriles is 1. The lowest BCUT2D eigenvalue weighted by Gasteiger charge is -2.33. The highest BCUT2D eigenvalue weighted by Crippen LogP contribution is 2.13. The third kappa shape index (κ3) is 3.53. The third-order valence-electron chi connectivity index (χ3n) is 3.31. The minimum Gasteiger partial charge on any atom is -0.324 e. The molecule has 0 aliphatic carbocycles. The fourth-order valence-corrected chi connectivity index (χ4v) is 2.18. The molecule has 0 saturated carbocycles. The molecule has 0 radical (unpaired) electrons. The zero-order valence-electron chi connectivity index (χ0n) is 11.0. The van der Waals surface area contributed by atoms with Crippen LogP contribution in [0.3, 0.4) is 0 Å². The molecule has 1 amide bonds. The lowest BCUT2D eigenvalue weighted by Crippen LogP contribution is -2.52. The number of carbonyl (C=O) groups excluding carboxylic acids is 1. The van der Waals surface area contributed by atoms with Gasteiger partial charge in [-0.2, -0.15) is 5.26 Å². The highest BCUT2D eigenvalue weighted by molar-refractivity contribution is 5.93. The molecular weight excluding hydrogens is 240 g/mol. The number of para-hydroxylation sites is 1. The number of hydrogen-bond donors (Lipinski definition) is 2. The van der Waals surface area contributed by atoms with Gasteiger partial charge in [0.05, 0.1) is 17.8 Å². The van der Waals surface area contributed by atoms with Crippen LogP contribution in [0.15, 0.2) is 24.3 Å². The minimum absolute atomic E-state index is 0.0727. The summed E-state index contributed by atoms with van der Waals surface area (Å²) in [6, 6.07) is 9.47. The summed E-state index contributed by atoms with van der Waals surface area (Å²) in [4.78, 5) is 14.2. The number of nitrogens with one attached hydrogen (secondary N) is 2. The van der Waals surface area contributed by atoms with Crippen molar-refractivity contribution in [3.05, 3.63) is 29.8 Å². The van der Waals surface area contributed by atoms with Gasteiger partial charge >= 0.3 is 0 Å². The maximum Gasteiger partial charge on any atom is 0.238 e. The summed E-state index contributed by atoms with van der Waals surface area (Å²) >= 11 is 0. The Hall–Kier alpha value is -1.90. The van der Waals surface area contributed by atoms with Gasteiger partial charge in [0.15, 0.2) is 0 Å². The van der Waals surface area contributed by atoms with Crippen LogP contribution >= 0.6 is 0 Å². The van der Waals surface area contributed by atoms with E-state index < -0.39 is 0 Å². The Kier molecular flexibility index (Phi) is 4.50. The molecule has 1 aliphatic heterocycles. The number of anilines is 1. The Morgan fingerprint density at radius 1 is 1.58 bits per heavy atom. The first kappa shape index (κ1) is 13.5. The first-order valence-corrected chi connectivity index (χ1v) is 6.44. The van der Waals surface area contributed by atoms with Crippen LogP contribution in [0, 0.1) is 11.3 Å². The maximum absolute atomic E-state index is 12.0. The zero-order chi connectivity index (χ0) is 13.7. The van der Waals surface area contributed by atoms with Gasteiger partial charge in [0.1, 0.15) is 6.07 Å². The van der Waals surface area contributed by atoms with Crippen molar-refractivity contribution in [3.63, 3.8) is 0 Å². The predicted octanol–water partition coefficient (Wildman–Crippen LogP) is 0.790. The first-order valence-electron chi connectivity index (χ1n) is 6.44. The van der Waals surface area contributed by atoms with Crippen molar-refractivity contribution >= 4 is 11.6 Å². The maximum atomic E-state index is 12.0. The SMILES string of the molecule is C[C@@H]1CNCCN1CC(=O)Nc1ccccc1C#N. The fraction of sp³-hybridized carbons (Fsp3) is 0.429. The Morgan fingerprint density at radius 2 is 2.37 bits per heavy atom.